The molecule has 0 bridgehead atoms. The van der Waals surface area contributed by atoms with Crippen LogP contribution < -0.4 is 19.7 Å². The number of anilines is 1. The number of methoxy groups -OCH3 is 1. The van der Waals surface area contributed by atoms with Crippen molar-refractivity contribution >= 4 is 23.5 Å². The molecule has 1 fully saturated rings. The van der Waals surface area contributed by atoms with Crippen molar-refractivity contribution in [3.05, 3.63) is 18.2 Å². The predicted octanol–water partition coefficient (Wildman–Crippen LogP) is 0.488. The molecule has 3 rings (SSSR count). The summed E-state index contributed by atoms with van der Waals surface area (Å²) in [5, 5.41) is 2.58. The van der Waals surface area contributed by atoms with Crippen LogP contribution in [0.2, 0.25) is 0 Å². The van der Waals surface area contributed by atoms with Crippen LogP contribution in [0.3, 0.4) is 0 Å². The van der Waals surface area contributed by atoms with E-state index in [4.69, 9.17) is 9.47 Å². The lowest BCUT2D eigenvalue weighted by atomic mass is 10.1. The summed E-state index contributed by atoms with van der Waals surface area (Å²) in [5.74, 6) is -0.311. The lowest BCUT2D eigenvalue weighted by molar-refractivity contribution is -0.144. The molecule has 0 aliphatic carbocycles. The van der Waals surface area contributed by atoms with E-state index in [1.54, 1.807) is 30.0 Å². The van der Waals surface area contributed by atoms with Gasteiger partial charge in [-0.25, -0.2) is 4.79 Å². The van der Waals surface area contributed by atoms with E-state index in [9.17, 15) is 14.4 Å². The van der Waals surface area contributed by atoms with Gasteiger partial charge in [-0.05, 0) is 19.1 Å². The average Bonchev–Trinajstić information content (AvgIpc) is 3.02. The second-order valence-electron chi connectivity index (χ2n) is 5.99. The Morgan fingerprint density at radius 3 is 2.72 bits per heavy atom. The van der Waals surface area contributed by atoms with Crippen LogP contribution in [-0.4, -0.2) is 50.7 Å². The molecule has 8 heteroatoms. The summed E-state index contributed by atoms with van der Waals surface area (Å²) in [6.45, 7) is 2.74. The lowest BCUT2D eigenvalue weighted by Gasteiger charge is -2.22. The number of ether oxygens (including phenoxy) is 3. The highest BCUT2D eigenvalue weighted by atomic mass is 16.6. The Balaban J connectivity index is 1.68. The highest BCUT2D eigenvalue weighted by Gasteiger charge is 2.36. The second-order valence-corrected chi connectivity index (χ2v) is 5.99. The quantitative estimate of drug-likeness (QED) is 0.796. The van der Waals surface area contributed by atoms with Gasteiger partial charge in [0.25, 0.3) is 0 Å². The zero-order valence-corrected chi connectivity index (χ0v) is 14.1. The number of fused-ring (bicyclic) bond motifs is 1. The summed E-state index contributed by atoms with van der Waals surface area (Å²) < 4.78 is 15.6. The van der Waals surface area contributed by atoms with Gasteiger partial charge in [0.1, 0.15) is 19.3 Å². The van der Waals surface area contributed by atoms with E-state index in [0.29, 0.717) is 30.4 Å². The molecule has 0 radical (unpaired) electrons. The van der Waals surface area contributed by atoms with Crippen LogP contribution in [0.25, 0.3) is 0 Å². The van der Waals surface area contributed by atoms with E-state index < -0.39 is 17.9 Å². The molecule has 2 aliphatic heterocycles. The Hall–Kier alpha value is -2.77. The Morgan fingerprint density at radius 1 is 1.28 bits per heavy atom. The summed E-state index contributed by atoms with van der Waals surface area (Å²) in [7, 11) is 1.26. The van der Waals surface area contributed by atoms with E-state index in [2.05, 4.69) is 10.1 Å². The van der Waals surface area contributed by atoms with Gasteiger partial charge in [-0.3, -0.25) is 9.59 Å². The third-order valence-corrected chi connectivity index (χ3v) is 4.25. The minimum atomic E-state index is -0.754. The molecule has 0 aromatic heterocycles. The molecule has 2 atom stereocenters. The number of nitrogens with one attached hydrogen (secondary N) is 1. The largest absolute Gasteiger partial charge is 0.486 e. The number of amides is 2. The van der Waals surface area contributed by atoms with Gasteiger partial charge in [0.2, 0.25) is 11.8 Å². The van der Waals surface area contributed by atoms with Crippen LogP contribution in [0.5, 0.6) is 11.5 Å². The van der Waals surface area contributed by atoms with Crippen LogP contribution in [0.15, 0.2) is 18.2 Å². The van der Waals surface area contributed by atoms with Crippen molar-refractivity contribution in [2.75, 3.05) is 31.8 Å². The third-order valence-electron chi connectivity index (χ3n) is 4.25. The van der Waals surface area contributed by atoms with Crippen molar-refractivity contribution in [3.8, 4) is 11.5 Å². The topological polar surface area (TPSA) is 94.2 Å². The molecule has 0 spiro atoms. The molecule has 2 amide bonds. The lowest BCUT2D eigenvalue weighted by Crippen LogP contribution is -2.43. The van der Waals surface area contributed by atoms with Crippen molar-refractivity contribution in [2.45, 2.75) is 19.4 Å². The van der Waals surface area contributed by atoms with Crippen molar-refractivity contribution in [1.82, 2.24) is 5.32 Å². The Bertz CT molecular complexity index is 704. The fourth-order valence-electron chi connectivity index (χ4n) is 2.90. The Morgan fingerprint density at radius 2 is 2.00 bits per heavy atom. The van der Waals surface area contributed by atoms with Gasteiger partial charge in [-0.2, -0.15) is 0 Å². The SMILES string of the molecule is COC(=O)[C@H](C)NC(=O)[C@H]1CC(=O)N(c2ccc3c(c2)OCCO3)C1. The van der Waals surface area contributed by atoms with Crippen LogP contribution in [-0.2, 0) is 19.1 Å². The fourth-order valence-corrected chi connectivity index (χ4v) is 2.90. The van der Waals surface area contributed by atoms with Crippen LogP contribution in [0.4, 0.5) is 5.69 Å². The van der Waals surface area contributed by atoms with Gasteiger partial charge >= 0.3 is 5.97 Å². The number of benzene rings is 1. The number of carbonyl (C=O) groups excluding carboxylic acids is 3. The first-order valence-electron chi connectivity index (χ1n) is 8.08. The second kappa shape index (κ2) is 7.00. The predicted molar refractivity (Wildman–Crippen MR) is 87.5 cm³/mol. The first-order valence-corrected chi connectivity index (χ1v) is 8.08. The molecular weight excluding hydrogens is 328 g/mol. The summed E-state index contributed by atoms with van der Waals surface area (Å²) >= 11 is 0. The normalized spacial score (nSPS) is 20.2. The monoisotopic (exact) mass is 348 g/mol. The Kier molecular flexibility index (Phi) is 4.78. The first-order chi connectivity index (χ1) is 12.0. The molecule has 2 heterocycles. The van der Waals surface area contributed by atoms with Gasteiger partial charge < -0.3 is 24.4 Å². The number of rotatable bonds is 4. The highest BCUT2D eigenvalue weighted by molar-refractivity contribution is 6.01. The molecule has 8 nitrogen and oxygen atoms in total. The fraction of sp³-hybridized carbons (Fsp3) is 0.471. The van der Waals surface area contributed by atoms with Crippen LogP contribution in [0.1, 0.15) is 13.3 Å². The maximum Gasteiger partial charge on any atom is 0.328 e. The van der Waals surface area contributed by atoms with Crippen molar-refractivity contribution in [1.29, 1.82) is 0 Å². The smallest absolute Gasteiger partial charge is 0.328 e. The minimum absolute atomic E-state index is 0.0914. The van der Waals surface area contributed by atoms with Gasteiger partial charge in [0.05, 0.1) is 13.0 Å². The molecule has 2 aliphatic rings. The third kappa shape index (κ3) is 3.52. The first kappa shape index (κ1) is 17.1. The minimum Gasteiger partial charge on any atom is -0.486 e. The van der Waals surface area contributed by atoms with Crippen LogP contribution >= 0.6 is 0 Å². The number of hydrogen-bond donors (Lipinski definition) is 1. The van der Waals surface area contributed by atoms with Crippen molar-refractivity contribution < 1.29 is 28.6 Å². The molecule has 0 saturated carbocycles. The van der Waals surface area contributed by atoms with E-state index in [1.807, 2.05) is 0 Å². The van der Waals surface area contributed by atoms with Gasteiger partial charge in [0.15, 0.2) is 11.5 Å². The zero-order valence-electron chi connectivity index (χ0n) is 14.1. The van der Waals surface area contributed by atoms with E-state index in [1.165, 1.54) is 7.11 Å². The zero-order chi connectivity index (χ0) is 18.0. The molecule has 1 N–H and O–H groups in total. The number of carbonyl (C=O) groups is 3. The number of hydrogen-bond acceptors (Lipinski definition) is 6. The Labute approximate surface area is 145 Å². The molecule has 0 unspecified atom stereocenters. The molecule has 1 aromatic carbocycles. The van der Waals surface area contributed by atoms with Crippen molar-refractivity contribution in [2.24, 2.45) is 5.92 Å². The van der Waals surface area contributed by atoms with Crippen LogP contribution in [0, 0.1) is 5.92 Å². The standard InChI is InChI=1S/C17H20N2O6/c1-10(17(22)23-2)18-16(21)11-7-15(20)19(9-11)12-3-4-13-14(8-12)25-6-5-24-13/h3-4,8,10-11H,5-7,9H2,1-2H3,(H,18,21)/t10-,11-/m0/s1. The molecular formula is C17H20N2O6. The molecule has 1 saturated heterocycles. The maximum atomic E-state index is 12.3. The number of esters is 1. The maximum absolute atomic E-state index is 12.3. The van der Waals surface area contributed by atoms with Crippen molar-refractivity contribution in [3.63, 3.8) is 0 Å². The summed E-state index contributed by atoms with van der Waals surface area (Å²) in [6, 6.07) is 4.51. The summed E-state index contributed by atoms with van der Waals surface area (Å²) in [5.41, 5.74) is 0.658. The highest BCUT2D eigenvalue weighted by Crippen LogP contribution is 2.35. The van der Waals surface area contributed by atoms with E-state index in [-0.39, 0.29) is 24.8 Å². The molecule has 25 heavy (non-hydrogen) atoms. The van der Waals surface area contributed by atoms with E-state index >= 15 is 0 Å². The molecule has 134 valence electrons. The van der Waals surface area contributed by atoms with Gasteiger partial charge in [-0.1, -0.05) is 0 Å². The van der Waals surface area contributed by atoms with Gasteiger partial charge in [-0.15, -0.1) is 0 Å². The number of nitrogens with zero attached hydrogens (tertiary/aromatic N) is 1. The van der Waals surface area contributed by atoms with E-state index in [0.717, 1.165) is 0 Å². The average molecular weight is 348 g/mol. The van der Waals surface area contributed by atoms with Gasteiger partial charge in [0, 0.05) is 24.7 Å². The summed E-state index contributed by atoms with van der Waals surface area (Å²) in [4.78, 5) is 37.6. The summed E-state index contributed by atoms with van der Waals surface area (Å²) in [6.07, 6.45) is 0.0914. The molecule has 1 aromatic rings.